The summed E-state index contributed by atoms with van der Waals surface area (Å²) in [7, 11) is 14.5. The molecule has 0 bridgehead atoms. The van der Waals surface area contributed by atoms with Crippen LogP contribution in [-0.2, 0) is 14.3 Å². The van der Waals surface area contributed by atoms with E-state index >= 15 is 0 Å². The Morgan fingerprint density at radius 1 is 0.506 bits per heavy atom. The predicted molar refractivity (Wildman–Crippen MR) is 369 cm³/mol. The fraction of sp³-hybridized carbons (Fsp3) is 0.983. The van der Waals surface area contributed by atoms with Gasteiger partial charge in [0.1, 0.15) is 11.9 Å². The third kappa shape index (κ3) is 69.9. The number of nitrogens with zero attached hydrogens (tertiary/aromatic N) is 7. The second-order valence-electron chi connectivity index (χ2n) is 26.2. The van der Waals surface area contributed by atoms with E-state index in [1.807, 2.05) is 58.8 Å². The molecule has 0 saturated carbocycles. The molecule has 4 fully saturated rings. The molecule has 0 amide bonds. The Balaban J connectivity index is -0.000000102. The summed E-state index contributed by atoms with van der Waals surface area (Å²) in [6.07, 6.45) is 4.86. The molecule has 1 unspecified atom stereocenters. The normalized spacial score (nSPS) is 17.8. The third-order valence-corrected chi connectivity index (χ3v) is 18.8. The Labute approximate surface area is 519 Å². The zero-order chi connectivity index (χ0) is 54.6. The van der Waals surface area contributed by atoms with Crippen LogP contribution in [-0.4, -0.2) is 231 Å². The molecule has 0 radical (unpaired) electrons. The maximum Gasteiger partial charge on any atom is 0.323 e. The van der Waals surface area contributed by atoms with Crippen molar-refractivity contribution in [3.8, 4) is 0 Å². The Morgan fingerprint density at radius 2 is 0.844 bits per heavy atom. The number of likely N-dealkylation sites (tertiary alicyclic amines) is 2. The molecule has 0 spiro atoms. The number of rotatable bonds is 13. The van der Waals surface area contributed by atoms with E-state index in [0.29, 0.717) is 23.7 Å². The third-order valence-electron chi connectivity index (χ3n) is 10.1. The summed E-state index contributed by atoms with van der Waals surface area (Å²) in [5.41, 5.74) is 0. The first-order valence-electron chi connectivity index (χ1n) is 26.2. The average Bonchev–Trinajstić information content (AvgIpc) is 3.93. The minimum Gasteiger partial charge on any atom is -1.00 e. The Morgan fingerprint density at radius 3 is 1.14 bits per heavy atom. The monoisotopic (exact) mass is 1240 g/mol. The number of ether oxygens (including phenoxy) is 2. The molecule has 0 aromatic carbocycles. The predicted octanol–water partition coefficient (Wildman–Crippen LogP) is 13.3. The number of esters is 1. The minimum absolute atomic E-state index is 0. The summed E-state index contributed by atoms with van der Waals surface area (Å²) in [6, 6.07) is -0.00940. The number of hydrogen-bond donors (Lipinski definition) is 0. The molecule has 0 N–H and O–H groups in total. The number of thioether (sulfide) groups is 6. The van der Waals surface area contributed by atoms with Crippen molar-refractivity contribution < 1.29 is 31.2 Å². The van der Waals surface area contributed by atoms with Crippen LogP contribution < -0.4 is 12.4 Å². The summed E-state index contributed by atoms with van der Waals surface area (Å²) in [5.74, 6) is 6.70. The molecular weight excluding hydrogens is 1090 g/mol. The first-order chi connectivity index (χ1) is 31.7. The van der Waals surface area contributed by atoms with Gasteiger partial charge in [-0.25, -0.2) is 0 Å². The Kier molecular flexibility index (Phi) is 61.8. The van der Waals surface area contributed by atoms with E-state index in [-0.39, 0.29) is 73.7 Å². The number of carbonyl (C=O) groups excluding carboxylic acids is 1. The molecule has 4 heterocycles. The molecule has 17 heteroatoms. The van der Waals surface area contributed by atoms with Gasteiger partial charge >= 0.3 is 5.97 Å². The van der Waals surface area contributed by atoms with Crippen LogP contribution in [0.25, 0.3) is 0 Å². The van der Waals surface area contributed by atoms with E-state index in [0.717, 1.165) is 67.8 Å². The van der Waals surface area contributed by atoms with Crippen LogP contribution >= 0.6 is 70.6 Å². The van der Waals surface area contributed by atoms with Gasteiger partial charge in [0.2, 0.25) is 0 Å². The molecule has 10 nitrogen and oxygen atoms in total. The molecule has 4 aliphatic heterocycles. The highest BCUT2D eigenvalue weighted by atomic mass is 35.5. The van der Waals surface area contributed by atoms with Gasteiger partial charge in [-0.05, 0) is 66.5 Å². The van der Waals surface area contributed by atoms with Crippen LogP contribution in [0.4, 0.5) is 0 Å². The number of halogens is 1. The lowest BCUT2D eigenvalue weighted by Crippen LogP contribution is -3.00. The van der Waals surface area contributed by atoms with Gasteiger partial charge in [-0.15, -0.1) is 58.8 Å². The number of morpholine rings is 1. The molecule has 4 aliphatic rings. The second kappa shape index (κ2) is 48.7. The van der Waals surface area contributed by atoms with E-state index in [1.165, 1.54) is 76.9 Å². The molecule has 0 aliphatic carbocycles. The van der Waals surface area contributed by atoms with E-state index in [1.54, 1.807) is 0 Å². The van der Waals surface area contributed by atoms with E-state index in [2.05, 4.69) is 208 Å². The maximum absolute atomic E-state index is 11.5. The van der Waals surface area contributed by atoms with Gasteiger partial charge in [-0.3, -0.25) is 24.4 Å². The van der Waals surface area contributed by atoms with E-state index in [9.17, 15) is 4.79 Å². The van der Waals surface area contributed by atoms with Gasteiger partial charge in [-0.1, -0.05) is 181 Å². The molecule has 1 atom stereocenters. The number of quaternary nitrogens is 1. The number of methoxy groups -OCH3 is 1. The summed E-state index contributed by atoms with van der Waals surface area (Å²) in [6.45, 7) is 53.2. The largest absolute Gasteiger partial charge is 1.00 e. The van der Waals surface area contributed by atoms with Gasteiger partial charge in [0.05, 0.1) is 41.5 Å². The number of carbonyl (C=O) groups is 1. The highest BCUT2D eigenvalue weighted by Crippen LogP contribution is 2.30. The van der Waals surface area contributed by atoms with Crippen molar-refractivity contribution in [3.05, 3.63) is 0 Å². The summed E-state index contributed by atoms with van der Waals surface area (Å²) in [5, 5.41) is 0. The molecular formula is C60H142ClN7O3S6. The lowest BCUT2D eigenvalue weighted by molar-refractivity contribution is -0.857. The lowest BCUT2D eigenvalue weighted by atomic mass is 10.2. The van der Waals surface area contributed by atoms with Gasteiger partial charge in [-0.2, -0.15) is 0 Å². The molecule has 0 aromatic heterocycles. The van der Waals surface area contributed by atoms with Crippen LogP contribution in [0.1, 0.15) is 195 Å². The quantitative estimate of drug-likeness (QED) is 0.0999. The van der Waals surface area contributed by atoms with Crippen molar-refractivity contribution in [3.63, 3.8) is 0 Å². The fourth-order valence-electron chi connectivity index (χ4n) is 5.84. The summed E-state index contributed by atoms with van der Waals surface area (Å²) in [4.78, 5) is 25.9. The highest BCUT2D eigenvalue weighted by molar-refractivity contribution is 8.01. The number of hydrogen-bond acceptors (Lipinski definition) is 15. The number of piperazine rings is 1. The first kappa shape index (κ1) is 97.7. The van der Waals surface area contributed by atoms with Crippen LogP contribution in [0.2, 0.25) is 0 Å². The molecule has 4 rings (SSSR count). The van der Waals surface area contributed by atoms with Crippen LogP contribution in [0, 0.1) is 0 Å². The van der Waals surface area contributed by atoms with Gasteiger partial charge in [0, 0.05) is 97.1 Å². The zero-order valence-corrected chi connectivity index (χ0v) is 56.8. The average molecular weight is 1240 g/mol. The SMILES string of the molecule is C.C.C.C.C.C.CC(C)(C)SCN1CCCC1.CC(C)(C)SCN1CCOCC1.CC(C)(C)SC[N+](C)(C)C.CN(C)CSC(C)(C)C.CN1CCN(CSC(C)(C)C)CC1.COC(=O)C1CCCN1CSC(C)(C)C.[Cl-]. The van der Waals surface area contributed by atoms with Crippen molar-refractivity contribution in [1.29, 1.82) is 0 Å². The van der Waals surface area contributed by atoms with Crippen LogP contribution in [0.3, 0.4) is 0 Å². The Bertz CT molecular complexity index is 1280. The highest BCUT2D eigenvalue weighted by Gasteiger charge is 2.32. The number of likely N-dealkylation sites (N-methyl/N-ethyl adjacent to an activating group) is 1. The van der Waals surface area contributed by atoms with Crippen LogP contribution in [0.15, 0.2) is 0 Å². The van der Waals surface area contributed by atoms with Gasteiger partial charge in [0.15, 0.2) is 0 Å². The van der Waals surface area contributed by atoms with Gasteiger partial charge < -0.3 is 36.2 Å². The van der Waals surface area contributed by atoms with Crippen LogP contribution in [0.5, 0.6) is 0 Å². The zero-order valence-electron chi connectivity index (χ0n) is 51.1. The molecule has 77 heavy (non-hydrogen) atoms. The van der Waals surface area contributed by atoms with Crippen molar-refractivity contribution in [2.24, 2.45) is 0 Å². The van der Waals surface area contributed by atoms with Crippen molar-refractivity contribution >= 4 is 76.5 Å². The summed E-state index contributed by atoms with van der Waals surface area (Å²) < 4.78 is 13.4. The summed E-state index contributed by atoms with van der Waals surface area (Å²) >= 11 is 12.0. The van der Waals surface area contributed by atoms with Crippen molar-refractivity contribution in [2.45, 2.75) is 229 Å². The van der Waals surface area contributed by atoms with E-state index < -0.39 is 0 Å². The van der Waals surface area contributed by atoms with Crippen molar-refractivity contribution in [1.82, 2.24) is 29.4 Å². The topological polar surface area (TPSA) is 55.0 Å². The van der Waals surface area contributed by atoms with Crippen molar-refractivity contribution in [2.75, 3.05) is 157 Å². The molecule has 4 saturated heterocycles. The minimum atomic E-state index is -0.0815. The Hall–Kier alpha value is 1.54. The first-order valence-corrected chi connectivity index (χ1v) is 32.1. The molecule has 0 aromatic rings. The van der Waals surface area contributed by atoms with Gasteiger partial charge in [0.25, 0.3) is 0 Å². The smallest absolute Gasteiger partial charge is 0.323 e. The molecule has 478 valence electrons. The second-order valence-corrected chi connectivity index (χ2v) is 36.8. The fourth-order valence-corrected chi connectivity index (χ4v) is 10.6. The van der Waals surface area contributed by atoms with E-state index in [4.69, 9.17) is 9.47 Å². The maximum atomic E-state index is 11.5. The lowest BCUT2D eigenvalue weighted by Gasteiger charge is -2.33. The standard InChI is InChI=1S/C11H21NO2S.C10H22N2S.C9H19NOS.C9H19NS.C8H20NS.C7H17NS.6CH4.ClH/c1-11(2,3)15-8-12-7-5-6-9(12)10(13)14-4;1-10(2,3)13-9-12-7-5-11(4)6-8-12;1-9(2,3)12-8-10-4-6-11-7-5-10;1-9(2,3)11-8-10-6-4-5-7-10;1-8(2,3)10-7-9(4,5)6;1-7(2,3)9-6-8(4)5;;;;;;;/h9H,5-8H2,1-4H3;5-9H2,1-4H3;4-8H2,1-3H3;4-8H2,1-3H3;7H2,1-6H3;6H2,1-5H3;6*1H4;1H/q;;;;+1;;;;;;;;/p-1.